The molecule has 0 aliphatic carbocycles. The number of ether oxygens (including phenoxy) is 1. The second kappa shape index (κ2) is 12.1. The minimum absolute atomic E-state index is 0.0182. The lowest BCUT2D eigenvalue weighted by Crippen LogP contribution is -2.44. The first-order valence-electron chi connectivity index (χ1n) is 16.0. The van der Waals surface area contributed by atoms with Gasteiger partial charge < -0.3 is 19.9 Å². The second-order valence-corrected chi connectivity index (χ2v) is 11.1. The number of hydrogen-bond donors (Lipinski definition) is 1. The molecule has 3 aromatic carbocycles. The standard InChI is InChI=1S/C33H36F2N4O2/c1-38-8-10-39(11-9-38)29-4-5-30(26(19-29)15-22-6-12-41-13-7-22)33(40)37-32-31-18-23(2-3-25(31)21-36-32)14-24-16-27(34)20-28(35)17-24/h2-5,16-20,22H,6-15,21H2,1H3,(H,36,37,40)/i12D2,13D2. The summed E-state index contributed by atoms with van der Waals surface area (Å²) in [7, 11) is 2.08. The summed E-state index contributed by atoms with van der Waals surface area (Å²) >= 11 is 0. The summed E-state index contributed by atoms with van der Waals surface area (Å²) in [5.74, 6) is -1.60. The number of rotatable bonds is 6. The molecule has 0 saturated carbocycles. The number of amides is 1. The quantitative estimate of drug-likeness (QED) is 0.461. The molecular formula is C33H36F2N4O2. The highest BCUT2D eigenvalue weighted by Crippen LogP contribution is 2.28. The van der Waals surface area contributed by atoms with Crippen molar-refractivity contribution in [1.82, 2.24) is 10.2 Å². The number of fused-ring (bicyclic) bond motifs is 1. The van der Waals surface area contributed by atoms with E-state index in [-0.39, 0.29) is 24.7 Å². The Balaban J connectivity index is 1.25. The van der Waals surface area contributed by atoms with E-state index < -0.39 is 24.8 Å². The fourth-order valence-electron chi connectivity index (χ4n) is 5.70. The number of nitrogens with one attached hydrogen (secondary N) is 1. The molecule has 0 radical (unpaired) electrons. The molecule has 0 unspecified atom stereocenters. The Hall–Kier alpha value is -3.62. The predicted octanol–water partition coefficient (Wildman–Crippen LogP) is 4.97. The van der Waals surface area contributed by atoms with Gasteiger partial charge >= 0.3 is 0 Å². The third-order valence-corrected chi connectivity index (χ3v) is 8.00. The maximum Gasteiger partial charge on any atom is 0.257 e. The predicted molar refractivity (Wildman–Crippen MR) is 157 cm³/mol. The molecule has 3 aliphatic rings. The van der Waals surface area contributed by atoms with Crippen LogP contribution >= 0.6 is 0 Å². The van der Waals surface area contributed by atoms with Crippen LogP contribution in [0.25, 0.3) is 0 Å². The van der Waals surface area contributed by atoms with Gasteiger partial charge in [0, 0.05) is 62.2 Å². The molecule has 1 amide bonds. The van der Waals surface area contributed by atoms with E-state index in [0.717, 1.165) is 54.6 Å². The largest absolute Gasteiger partial charge is 0.381 e. The number of aliphatic imine (C=N–C) groups is 1. The monoisotopic (exact) mass is 562 g/mol. The zero-order chi connectivity index (χ0) is 31.9. The summed E-state index contributed by atoms with van der Waals surface area (Å²) in [6.07, 6.45) is 0.659. The number of carbonyl (C=O) groups excluding carboxylic acids is 1. The van der Waals surface area contributed by atoms with Crippen molar-refractivity contribution in [3.63, 3.8) is 0 Å². The van der Waals surface area contributed by atoms with E-state index in [2.05, 4.69) is 27.2 Å². The van der Waals surface area contributed by atoms with Gasteiger partial charge in [0.25, 0.3) is 5.91 Å². The van der Waals surface area contributed by atoms with Crippen LogP contribution < -0.4 is 10.2 Å². The van der Waals surface area contributed by atoms with Gasteiger partial charge in [-0.1, -0.05) is 12.1 Å². The summed E-state index contributed by atoms with van der Waals surface area (Å²) in [6, 6.07) is 14.8. The maximum atomic E-state index is 13.8. The highest BCUT2D eigenvalue weighted by atomic mass is 19.1. The third-order valence-electron chi connectivity index (χ3n) is 8.00. The van der Waals surface area contributed by atoms with Crippen LogP contribution in [-0.4, -0.2) is 63.0 Å². The van der Waals surface area contributed by atoms with Crippen LogP contribution in [0.2, 0.25) is 0 Å². The minimum atomic E-state index is -2.11. The first-order chi connectivity index (χ1) is 21.3. The van der Waals surface area contributed by atoms with E-state index in [9.17, 15) is 13.6 Å². The van der Waals surface area contributed by atoms with Gasteiger partial charge in [0.15, 0.2) is 0 Å². The van der Waals surface area contributed by atoms with Crippen LogP contribution in [0.5, 0.6) is 0 Å². The van der Waals surface area contributed by atoms with E-state index in [0.29, 0.717) is 41.9 Å². The summed E-state index contributed by atoms with van der Waals surface area (Å²) < 4.78 is 65.1. The number of anilines is 1. The first kappa shape index (κ1) is 23.0. The Morgan fingerprint density at radius 1 is 1.00 bits per heavy atom. The third kappa shape index (κ3) is 6.49. The van der Waals surface area contributed by atoms with E-state index in [4.69, 9.17) is 10.2 Å². The fourth-order valence-corrected chi connectivity index (χ4v) is 5.70. The van der Waals surface area contributed by atoms with E-state index >= 15 is 0 Å². The molecule has 8 heteroatoms. The van der Waals surface area contributed by atoms with E-state index in [1.54, 1.807) is 6.07 Å². The molecule has 41 heavy (non-hydrogen) atoms. The normalized spacial score (nSPS) is 21.7. The number of piperazine rings is 1. The molecule has 0 spiro atoms. The van der Waals surface area contributed by atoms with Gasteiger partial charge in [-0.05, 0) is 97.3 Å². The maximum absolute atomic E-state index is 13.8. The van der Waals surface area contributed by atoms with Crippen LogP contribution in [0, 0.1) is 17.6 Å². The zero-order valence-electron chi connectivity index (χ0n) is 27.1. The number of benzene rings is 3. The SMILES string of the molecule is [2H]C1([2H])CC(Cc2cc(N3CCN(C)CC3)ccc2C(=O)NC2=NCc3ccc(Cc4cc(F)cc(F)c4)cc32)CC([2H])([2H])O1. The van der Waals surface area contributed by atoms with Crippen LogP contribution in [0.3, 0.4) is 0 Å². The van der Waals surface area contributed by atoms with E-state index in [1.807, 2.05) is 30.3 Å². The van der Waals surface area contributed by atoms with Crippen molar-refractivity contribution >= 4 is 17.4 Å². The summed E-state index contributed by atoms with van der Waals surface area (Å²) in [6.45, 7) is -0.339. The highest BCUT2D eigenvalue weighted by molar-refractivity contribution is 6.14. The molecule has 0 bridgehead atoms. The van der Waals surface area contributed by atoms with Gasteiger partial charge in [-0.3, -0.25) is 9.79 Å². The first-order valence-corrected chi connectivity index (χ1v) is 14.0. The highest BCUT2D eigenvalue weighted by Gasteiger charge is 2.24. The summed E-state index contributed by atoms with van der Waals surface area (Å²) in [5.41, 5.74) is 5.10. The van der Waals surface area contributed by atoms with Crippen molar-refractivity contribution in [3.8, 4) is 0 Å². The second-order valence-electron chi connectivity index (χ2n) is 11.1. The fraction of sp³-hybridized carbons (Fsp3) is 0.394. The summed E-state index contributed by atoms with van der Waals surface area (Å²) in [4.78, 5) is 22.9. The molecule has 3 aromatic rings. The molecule has 3 heterocycles. The Morgan fingerprint density at radius 3 is 2.51 bits per heavy atom. The number of amidine groups is 1. The van der Waals surface area contributed by atoms with E-state index in [1.165, 1.54) is 12.1 Å². The molecule has 1 N–H and O–H groups in total. The Bertz CT molecular complexity index is 1610. The van der Waals surface area contributed by atoms with Crippen LogP contribution in [0.4, 0.5) is 14.5 Å². The van der Waals surface area contributed by atoms with Crippen LogP contribution in [-0.2, 0) is 24.1 Å². The molecule has 214 valence electrons. The number of likely N-dealkylation sites (N-methyl/N-ethyl adjacent to an activating group) is 1. The molecule has 6 nitrogen and oxygen atoms in total. The van der Waals surface area contributed by atoms with Gasteiger partial charge in [0.1, 0.15) is 17.5 Å². The topological polar surface area (TPSA) is 57.2 Å². The van der Waals surface area contributed by atoms with Gasteiger partial charge in [-0.15, -0.1) is 0 Å². The lowest BCUT2D eigenvalue weighted by atomic mass is 9.89. The van der Waals surface area contributed by atoms with Gasteiger partial charge in [0.05, 0.1) is 12.0 Å². The van der Waals surface area contributed by atoms with Gasteiger partial charge in [-0.2, -0.15) is 0 Å². The molecule has 0 aromatic heterocycles. The Morgan fingerprint density at radius 2 is 1.76 bits per heavy atom. The van der Waals surface area contributed by atoms with Crippen molar-refractivity contribution in [1.29, 1.82) is 0 Å². The average molecular weight is 563 g/mol. The Kier molecular flexibility index (Phi) is 6.78. The molecule has 6 rings (SSSR count). The number of hydrogen-bond acceptors (Lipinski definition) is 5. The molecule has 0 atom stereocenters. The number of carbonyl (C=O) groups is 1. The molecule has 3 aliphatic heterocycles. The van der Waals surface area contributed by atoms with Crippen molar-refractivity contribution in [3.05, 3.63) is 99.6 Å². The lowest BCUT2D eigenvalue weighted by molar-refractivity contribution is 0.0664. The molecular weight excluding hydrogens is 522 g/mol. The van der Waals surface area contributed by atoms with Crippen LogP contribution in [0.15, 0.2) is 59.6 Å². The number of halogens is 2. The van der Waals surface area contributed by atoms with Gasteiger partial charge in [0.2, 0.25) is 0 Å². The lowest BCUT2D eigenvalue weighted by Gasteiger charge is -2.34. The van der Waals surface area contributed by atoms with Gasteiger partial charge in [-0.25, -0.2) is 8.78 Å². The zero-order valence-corrected chi connectivity index (χ0v) is 23.1. The summed E-state index contributed by atoms with van der Waals surface area (Å²) in [5, 5.41) is 2.97. The van der Waals surface area contributed by atoms with Crippen molar-refractivity contribution < 1.29 is 23.8 Å². The average Bonchev–Trinajstić information content (AvgIpc) is 3.33. The molecule has 2 saturated heterocycles. The van der Waals surface area contributed by atoms with Crippen molar-refractivity contribution in [2.45, 2.75) is 32.2 Å². The van der Waals surface area contributed by atoms with Crippen molar-refractivity contribution in [2.24, 2.45) is 10.9 Å². The molecule has 2 fully saturated rings. The Labute approximate surface area is 245 Å². The number of nitrogens with zero attached hydrogens (tertiary/aromatic N) is 3. The van der Waals surface area contributed by atoms with Crippen LogP contribution in [0.1, 0.15) is 56.5 Å². The minimum Gasteiger partial charge on any atom is -0.381 e. The smallest absolute Gasteiger partial charge is 0.257 e. The van der Waals surface area contributed by atoms with Crippen molar-refractivity contribution in [2.75, 3.05) is 51.2 Å².